The van der Waals surface area contributed by atoms with Crippen molar-refractivity contribution in [2.75, 3.05) is 7.11 Å². The highest BCUT2D eigenvalue weighted by Crippen LogP contribution is 2.65. The number of nitrogens with one attached hydrogen (secondary N) is 1. The molecule has 0 spiro atoms. The van der Waals surface area contributed by atoms with Crippen LogP contribution >= 0.6 is 7.60 Å². The molecule has 1 amide bonds. The van der Waals surface area contributed by atoms with E-state index in [1.165, 1.54) is 19.2 Å². The van der Waals surface area contributed by atoms with E-state index in [1.807, 2.05) is 30.3 Å². The van der Waals surface area contributed by atoms with E-state index in [4.69, 9.17) is 18.5 Å². The van der Waals surface area contributed by atoms with Crippen molar-refractivity contribution in [2.45, 2.75) is 77.7 Å². The van der Waals surface area contributed by atoms with Crippen LogP contribution in [0.3, 0.4) is 0 Å². The molecule has 8 nitrogen and oxygen atoms in total. The van der Waals surface area contributed by atoms with Crippen LogP contribution in [-0.2, 0) is 40.9 Å². The fourth-order valence-corrected chi connectivity index (χ4v) is 5.63. The molecule has 0 aromatic heterocycles. The summed E-state index contributed by atoms with van der Waals surface area (Å²) in [6, 6.07) is 14.1. The second kappa shape index (κ2) is 12.7. The Labute approximate surface area is 218 Å². The number of alkyl halides is 1. The van der Waals surface area contributed by atoms with Gasteiger partial charge in [-0.2, -0.15) is 0 Å². The summed E-state index contributed by atoms with van der Waals surface area (Å²) in [4.78, 5) is 24.5. The number of ether oxygens (including phenoxy) is 2. The van der Waals surface area contributed by atoms with Crippen molar-refractivity contribution in [3.63, 3.8) is 0 Å². The summed E-state index contributed by atoms with van der Waals surface area (Å²) in [7, 11) is -2.99. The number of amides is 1. The largest absolute Gasteiger partial charge is 0.467 e. The van der Waals surface area contributed by atoms with Gasteiger partial charge < -0.3 is 23.8 Å². The van der Waals surface area contributed by atoms with Crippen LogP contribution in [0.1, 0.15) is 64.1 Å². The zero-order valence-corrected chi connectivity index (χ0v) is 23.3. The minimum atomic E-state index is -4.20. The molecule has 2 atom stereocenters. The molecular formula is C27H37FNO7P. The number of methoxy groups -OCH3 is 1. The molecule has 204 valence electrons. The lowest BCUT2D eigenvalue weighted by Gasteiger charge is -2.33. The molecular weight excluding hydrogens is 500 g/mol. The monoisotopic (exact) mass is 537 g/mol. The summed E-state index contributed by atoms with van der Waals surface area (Å²) in [5.74, 6) is -2.69. The fourth-order valence-electron chi connectivity index (χ4n) is 3.35. The molecule has 1 N–H and O–H groups in total. The van der Waals surface area contributed by atoms with E-state index < -0.39 is 42.8 Å². The van der Waals surface area contributed by atoms with E-state index in [2.05, 4.69) is 5.32 Å². The Morgan fingerprint density at radius 2 is 1.43 bits per heavy atom. The molecule has 0 bridgehead atoms. The van der Waals surface area contributed by atoms with Crippen molar-refractivity contribution >= 4 is 19.7 Å². The molecule has 0 saturated carbocycles. The third-order valence-electron chi connectivity index (χ3n) is 4.76. The van der Waals surface area contributed by atoms with Gasteiger partial charge in [-0.15, -0.1) is 0 Å². The van der Waals surface area contributed by atoms with Crippen LogP contribution in [0.5, 0.6) is 0 Å². The molecule has 2 aromatic carbocycles. The van der Waals surface area contributed by atoms with E-state index in [1.54, 1.807) is 53.7 Å². The summed E-state index contributed by atoms with van der Waals surface area (Å²) >= 11 is 0. The molecule has 2 rings (SSSR count). The number of hydrogen-bond donors (Lipinski definition) is 1. The molecule has 37 heavy (non-hydrogen) atoms. The molecule has 0 aliphatic carbocycles. The highest BCUT2D eigenvalue weighted by Gasteiger charge is 2.44. The number of carbonyl (C=O) groups excluding carboxylic acids is 2. The quantitative estimate of drug-likeness (QED) is 0.273. The lowest BCUT2D eigenvalue weighted by molar-refractivity contribution is -0.143. The Balaban J connectivity index is 2.13. The number of rotatable bonds is 10. The average Bonchev–Trinajstić information content (AvgIpc) is 2.80. The Morgan fingerprint density at radius 1 is 0.892 bits per heavy atom. The van der Waals surface area contributed by atoms with Crippen molar-refractivity contribution in [2.24, 2.45) is 0 Å². The Kier molecular flexibility index (Phi) is 10.4. The van der Waals surface area contributed by atoms with E-state index in [9.17, 15) is 14.2 Å². The predicted octanol–water partition coefficient (Wildman–Crippen LogP) is 6.49. The molecule has 0 saturated heterocycles. The van der Waals surface area contributed by atoms with Crippen molar-refractivity contribution in [1.82, 2.24) is 5.32 Å². The van der Waals surface area contributed by atoms with E-state index in [0.29, 0.717) is 5.56 Å². The van der Waals surface area contributed by atoms with Gasteiger partial charge in [-0.3, -0.25) is 4.57 Å². The van der Waals surface area contributed by atoms with Gasteiger partial charge >= 0.3 is 19.7 Å². The molecule has 0 radical (unpaired) electrons. The topological polar surface area (TPSA) is 100 Å². The van der Waals surface area contributed by atoms with Gasteiger partial charge in [0, 0.05) is 6.42 Å². The predicted molar refractivity (Wildman–Crippen MR) is 139 cm³/mol. The standard InChI is InChI=1S/C27H37FNO7P/c1-26(2,3)35-37(32,36-27(4,5)6)23(28)21-15-13-19(14-16-21)17-22(24(30)33-7)29-25(31)34-18-20-11-9-8-10-12-20/h8-16,22-23H,17-18H2,1-7H3,(H,29,31)/t22-,23?/m0/s1. The Bertz CT molecular complexity index is 1060. The highest BCUT2D eigenvalue weighted by atomic mass is 31.2. The third kappa shape index (κ3) is 10.3. The van der Waals surface area contributed by atoms with Gasteiger partial charge in [0.2, 0.25) is 5.91 Å². The second-order valence-electron chi connectivity index (χ2n) is 10.5. The number of hydrogen-bond acceptors (Lipinski definition) is 7. The third-order valence-corrected chi connectivity index (χ3v) is 7.22. The summed E-state index contributed by atoms with van der Waals surface area (Å²) in [5.41, 5.74) is -0.297. The van der Waals surface area contributed by atoms with Crippen molar-refractivity contribution < 1.29 is 37.1 Å². The molecule has 1 unspecified atom stereocenters. The minimum Gasteiger partial charge on any atom is -0.467 e. The number of carbonyl (C=O) groups is 2. The first kappa shape index (κ1) is 30.5. The lowest BCUT2D eigenvalue weighted by Crippen LogP contribution is -2.43. The van der Waals surface area contributed by atoms with E-state index in [-0.39, 0.29) is 18.6 Å². The van der Waals surface area contributed by atoms with Crippen LogP contribution in [0.2, 0.25) is 0 Å². The second-order valence-corrected chi connectivity index (χ2v) is 12.4. The Morgan fingerprint density at radius 3 is 1.92 bits per heavy atom. The van der Waals surface area contributed by atoms with Crippen LogP contribution in [0, 0.1) is 0 Å². The zero-order valence-electron chi connectivity index (χ0n) is 22.4. The molecule has 10 heteroatoms. The number of benzene rings is 2. The number of halogens is 1. The maximum Gasteiger partial charge on any atom is 0.408 e. The van der Waals surface area contributed by atoms with Gasteiger partial charge in [0.15, 0.2) is 0 Å². The summed E-state index contributed by atoms with van der Waals surface area (Å²) < 4.78 is 50.2. The number of esters is 1. The first-order valence-corrected chi connectivity index (χ1v) is 13.5. The van der Waals surface area contributed by atoms with Crippen LogP contribution in [-0.4, -0.2) is 36.4 Å². The first-order valence-electron chi connectivity index (χ1n) is 11.9. The summed E-state index contributed by atoms with van der Waals surface area (Å²) in [5, 5.41) is 2.51. The maximum absolute atomic E-state index is 15.6. The molecule has 0 fully saturated rings. The van der Waals surface area contributed by atoms with Crippen molar-refractivity contribution in [3.8, 4) is 0 Å². The smallest absolute Gasteiger partial charge is 0.408 e. The van der Waals surface area contributed by atoms with Crippen LogP contribution in [0.4, 0.5) is 9.18 Å². The molecule has 0 heterocycles. The van der Waals surface area contributed by atoms with Gasteiger partial charge in [-0.05, 0) is 58.2 Å². The van der Waals surface area contributed by atoms with Crippen molar-refractivity contribution in [3.05, 3.63) is 71.3 Å². The molecule has 0 aliphatic rings. The highest BCUT2D eigenvalue weighted by molar-refractivity contribution is 7.54. The molecule has 2 aromatic rings. The van der Waals surface area contributed by atoms with Gasteiger partial charge in [0.05, 0.1) is 18.3 Å². The van der Waals surface area contributed by atoms with Gasteiger partial charge in [-0.1, -0.05) is 54.6 Å². The van der Waals surface area contributed by atoms with Gasteiger partial charge in [-0.25, -0.2) is 14.0 Å². The van der Waals surface area contributed by atoms with Gasteiger partial charge in [0.25, 0.3) is 0 Å². The van der Waals surface area contributed by atoms with Crippen molar-refractivity contribution in [1.29, 1.82) is 0 Å². The minimum absolute atomic E-state index is 0.0421. The van der Waals surface area contributed by atoms with Gasteiger partial charge in [0.1, 0.15) is 12.6 Å². The summed E-state index contributed by atoms with van der Waals surface area (Å²) in [6.07, 6.45) is -0.710. The summed E-state index contributed by atoms with van der Waals surface area (Å²) in [6.45, 7) is 10.1. The van der Waals surface area contributed by atoms with E-state index >= 15 is 4.39 Å². The van der Waals surface area contributed by atoms with Crippen LogP contribution in [0.25, 0.3) is 0 Å². The van der Waals surface area contributed by atoms with Crippen LogP contribution < -0.4 is 5.32 Å². The normalized spacial score (nSPS) is 13.9. The lowest BCUT2D eigenvalue weighted by atomic mass is 10.0. The van der Waals surface area contributed by atoms with E-state index in [0.717, 1.165) is 5.56 Å². The number of alkyl carbamates (subject to hydrolysis) is 1. The SMILES string of the molecule is COC(=O)[C@H](Cc1ccc(C(F)P(=O)(OC(C)(C)C)OC(C)(C)C)cc1)NC(=O)OCc1ccccc1. The Hall–Kier alpha value is -2.74. The first-order chi connectivity index (χ1) is 17.1. The molecule has 0 aliphatic heterocycles. The average molecular weight is 538 g/mol. The van der Waals surface area contributed by atoms with Crippen LogP contribution in [0.15, 0.2) is 54.6 Å². The zero-order chi connectivity index (χ0) is 27.9. The maximum atomic E-state index is 15.6. The fraction of sp³-hybridized carbons (Fsp3) is 0.481.